The van der Waals surface area contributed by atoms with Gasteiger partial charge in [-0.3, -0.25) is 4.79 Å². The van der Waals surface area contributed by atoms with Gasteiger partial charge in [0.25, 0.3) is 0 Å². The number of rotatable bonds is 8. The average Bonchev–Trinajstić information content (AvgIpc) is 2.22. The predicted octanol–water partition coefficient (Wildman–Crippen LogP) is 2.01. The van der Waals surface area contributed by atoms with E-state index in [0.717, 1.165) is 18.7 Å². The molecule has 0 heterocycles. The minimum Gasteiger partial charge on any atom is -0.368 e. The number of hydrogen-bond donors (Lipinski definition) is 2. The number of amides is 1. The Bertz CT molecular complexity index is 221. The van der Waals surface area contributed by atoms with Crippen LogP contribution in [-0.4, -0.2) is 29.0 Å². The molecule has 0 bridgehead atoms. The first kappa shape index (κ1) is 15.8. The molecule has 96 valence electrons. The minimum atomic E-state index is -0.580. The van der Waals surface area contributed by atoms with Crippen molar-refractivity contribution in [3.8, 4) is 0 Å². The maximum Gasteiger partial charge on any atom is 0.238 e. The molecule has 3 nitrogen and oxygen atoms in total. The Morgan fingerprint density at radius 3 is 2.38 bits per heavy atom. The van der Waals surface area contributed by atoms with Gasteiger partial charge in [-0.05, 0) is 25.8 Å². The van der Waals surface area contributed by atoms with Gasteiger partial charge in [-0.15, -0.1) is 0 Å². The molecule has 4 heteroatoms. The summed E-state index contributed by atoms with van der Waals surface area (Å²) in [5.41, 5.74) is 4.88. The summed E-state index contributed by atoms with van der Waals surface area (Å²) in [4.78, 5) is 11.5. The second-order valence-electron chi connectivity index (χ2n) is 4.88. The zero-order valence-electron chi connectivity index (χ0n) is 11.2. The maximum atomic E-state index is 11.5. The highest BCUT2D eigenvalue weighted by Gasteiger charge is 2.30. The molecular formula is C12H26N2OS. The normalized spacial score (nSPS) is 17.1. The number of nitrogens with two attached hydrogens (primary N) is 1. The summed E-state index contributed by atoms with van der Waals surface area (Å²) in [6, 6.07) is 0. The molecule has 0 aromatic rings. The topological polar surface area (TPSA) is 55.1 Å². The second-order valence-corrected chi connectivity index (χ2v) is 6.25. The van der Waals surface area contributed by atoms with Crippen LogP contribution in [0.15, 0.2) is 0 Å². The molecule has 0 aliphatic rings. The van der Waals surface area contributed by atoms with Gasteiger partial charge in [0.2, 0.25) is 5.91 Å². The van der Waals surface area contributed by atoms with E-state index < -0.39 is 5.54 Å². The number of primary amides is 1. The monoisotopic (exact) mass is 246 g/mol. The maximum absolute atomic E-state index is 11.5. The zero-order valence-corrected chi connectivity index (χ0v) is 12.0. The van der Waals surface area contributed by atoms with Crippen molar-refractivity contribution in [3.63, 3.8) is 0 Å². The summed E-state index contributed by atoms with van der Waals surface area (Å²) in [6.07, 6.45) is 1.01. The number of carbonyl (C=O) groups excluding carboxylic acids is 1. The highest BCUT2D eigenvalue weighted by atomic mass is 32.2. The molecule has 1 amide bonds. The highest BCUT2D eigenvalue weighted by molar-refractivity contribution is 8.00. The first-order valence-corrected chi connectivity index (χ1v) is 7.05. The molecule has 0 aliphatic heterocycles. The first-order chi connectivity index (χ1) is 7.33. The van der Waals surface area contributed by atoms with E-state index >= 15 is 0 Å². The Kier molecular flexibility index (Phi) is 7.07. The molecule has 0 saturated heterocycles. The Labute approximate surface area is 104 Å². The van der Waals surface area contributed by atoms with Crippen LogP contribution in [0.1, 0.15) is 41.0 Å². The third kappa shape index (κ3) is 5.21. The van der Waals surface area contributed by atoms with Crippen molar-refractivity contribution in [2.75, 3.05) is 12.3 Å². The molecular weight excluding hydrogens is 220 g/mol. The van der Waals surface area contributed by atoms with Crippen molar-refractivity contribution >= 4 is 17.7 Å². The van der Waals surface area contributed by atoms with Crippen LogP contribution in [0.25, 0.3) is 0 Å². The van der Waals surface area contributed by atoms with Gasteiger partial charge in [0.05, 0.1) is 0 Å². The van der Waals surface area contributed by atoms with E-state index in [1.54, 1.807) is 11.8 Å². The molecule has 0 rings (SSSR count). The molecule has 0 fully saturated rings. The van der Waals surface area contributed by atoms with Gasteiger partial charge >= 0.3 is 0 Å². The van der Waals surface area contributed by atoms with Crippen LogP contribution in [0, 0.1) is 5.92 Å². The lowest BCUT2D eigenvalue weighted by molar-refractivity contribution is -0.122. The van der Waals surface area contributed by atoms with Crippen LogP contribution in [0.4, 0.5) is 0 Å². The Hall–Kier alpha value is -0.220. The van der Waals surface area contributed by atoms with E-state index in [0.29, 0.717) is 11.2 Å². The fourth-order valence-corrected chi connectivity index (χ4v) is 2.33. The summed E-state index contributed by atoms with van der Waals surface area (Å²) in [7, 11) is 0. The summed E-state index contributed by atoms with van der Waals surface area (Å²) in [5.74, 6) is 1.10. The van der Waals surface area contributed by atoms with E-state index in [2.05, 4.69) is 33.0 Å². The zero-order chi connectivity index (χ0) is 12.8. The minimum absolute atomic E-state index is 0.260. The van der Waals surface area contributed by atoms with Crippen molar-refractivity contribution in [1.82, 2.24) is 5.32 Å². The van der Waals surface area contributed by atoms with Crippen LogP contribution in [0.3, 0.4) is 0 Å². The van der Waals surface area contributed by atoms with Crippen LogP contribution >= 0.6 is 11.8 Å². The predicted molar refractivity (Wildman–Crippen MR) is 72.7 cm³/mol. The summed E-state index contributed by atoms with van der Waals surface area (Å²) in [6.45, 7) is 11.4. The largest absolute Gasteiger partial charge is 0.368 e. The van der Waals surface area contributed by atoms with E-state index in [9.17, 15) is 4.79 Å². The standard InChI is InChI=1S/C12H26N2OS/c1-6-7-14-12(5,11(13)15)8-16-10(4)9(2)3/h9-10,14H,6-8H2,1-5H3,(H2,13,15). The van der Waals surface area contributed by atoms with Gasteiger partial charge in [0, 0.05) is 11.0 Å². The molecule has 0 aromatic heterocycles. The van der Waals surface area contributed by atoms with Crippen molar-refractivity contribution in [1.29, 1.82) is 0 Å². The quantitative estimate of drug-likeness (QED) is 0.689. The molecule has 2 atom stereocenters. The van der Waals surface area contributed by atoms with Crippen LogP contribution in [0.5, 0.6) is 0 Å². The van der Waals surface area contributed by atoms with Crippen molar-refractivity contribution in [2.45, 2.75) is 51.8 Å². The third-order valence-corrected chi connectivity index (χ3v) is 4.70. The SMILES string of the molecule is CCCNC(C)(CSC(C)C(C)C)C(N)=O. The van der Waals surface area contributed by atoms with E-state index in [-0.39, 0.29) is 5.91 Å². The fraction of sp³-hybridized carbons (Fsp3) is 0.917. The summed E-state index contributed by atoms with van der Waals surface area (Å²) < 4.78 is 0. The van der Waals surface area contributed by atoms with Crippen molar-refractivity contribution < 1.29 is 4.79 Å². The van der Waals surface area contributed by atoms with Gasteiger partial charge in [0.1, 0.15) is 5.54 Å². The molecule has 0 spiro atoms. The molecule has 3 N–H and O–H groups in total. The van der Waals surface area contributed by atoms with Gasteiger partial charge < -0.3 is 11.1 Å². The molecule has 0 aromatic carbocycles. The first-order valence-electron chi connectivity index (χ1n) is 6.00. The molecule has 0 radical (unpaired) electrons. The Balaban J connectivity index is 4.27. The third-order valence-electron chi connectivity index (χ3n) is 2.88. The lowest BCUT2D eigenvalue weighted by Gasteiger charge is -2.29. The van der Waals surface area contributed by atoms with Gasteiger partial charge in [-0.1, -0.05) is 27.7 Å². The lowest BCUT2D eigenvalue weighted by Crippen LogP contribution is -2.55. The van der Waals surface area contributed by atoms with Crippen molar-refractivity contribution in [3.05, 3.63) is 0 Å². The number of carbonyl (C=O) groups is 1. The molecule has 0 aliphatic carbocycles. The van der Waals surface area contributed by atoms with E-state index in [4.69, 9.17) is 5.73 Å². The van der Waals surface area contributed by atoms with Gasteiger partial charge in [-0.25, -0.2) is 0 Å². The lowest BCUT2D eigenvalue weighted by atomic mass is 10.0. The summed E-state index contributed by atoms with van der Waals surface area (Å²) >= 11 is 1.81. The van der Waals surface area contributed by atoms with Crippen LogP contribution in [-0.2, 0) is 4.79 Å². The number of nitrogens with one attached hydrogen (secondary N) is 1. The highest BCUT2D eigenvalue weighted by Crippen LogP contribution is 2.23. The van der Waals surface area contributed by atoms with Crippen LogP contribution in [0.2, 0.25) is 0 Å². The molecule has 2 unspecified atom stereocenters. The smallest absolute Gasteiger partial charge is 0.238 e. The second kappa shape index (κ2) is 7.17. The average molecular weight is 246 g/mol. The summed E-state index contributed by atoms with van der Waals surface area (Å²) in [5, 5.41) is 3.79. The van der Waals surface area contributed by atoms with Crippen molar-refractivity contribution in [2.24, 2.45) is 11.7 Å². The number of thioether (sulfide) groups is 1. The van der Waals surface area contributed by atoms with Gasteiger partial charge in [0.15, 0.2) is 0 Å². The molecule has 16 heavy (non-hydrogen) atoms. The van der Waals surface area contributed by atoms with Gasteiger partial charge in [-0.2, -0.15) is 11.8 Å². The van der Waals surface area contributed by atoms with E-state index in [1.165, 1.54) is 0 Å². The Morgan fingerprint density at radius 2 is 2.00 bits per heavy atom. The Morgan fingerprint density at radius 1 is 1.44 bits per heavy atom. The fourth-order valence-electron chi connectivity index (χ4n) is 1.10. The molecule has 0 saturated carbocycles. The number of hydrogen-bond acceptors (Lipinski definition) is 3. The van der Waals surface area contributed by atoms with Crippen LogP contribution < -0.4 is 11.1 Å². The van der Waals surface area contributed by atoms with E-state index in [1.807, 2.05) is 6.92 Å².